The number of carbonyl (C=O) groups is 6. The first-order valence-electron chi connectivity index (χ1n) is 16.2. The summed E-state index contributed by atoms with van der Waals surface area (Å²) in [7, 11) is 0. The summed E-state index contributed by atoms with van der Waals surface area (Å²) >= 11 is 0. The first-order valence-corrected chi connectivity index (χ1v) is 16.2. The summed E-state index contributed by atoms with van der Waals surface area (Å²) in [5, 5.41) is 26.8. The van der Waals surface area contributed by atoms with E-state index in [9.17, 15) is 33.9 Å². The molecule has 5 unspecified atom stereocenters. The number of amides is 4. The third kappa shape index (κ3) is 11.8. The Morgan fingerprint density at radius 2 is 1.29 bits per heavy atom. The Bertz CT molecular complexity index is 1390. The quantitative estimate of drug-likeness (QED) is 0.101. The van der Waals surface area contributed by atoms with Gasteiger partial charge in [-0.1, -0.05) is 60.7 Å². The lowest BCUT2D eigenvalue weighted by molar-refractivity contribution is -0.149. The molecule has 0 radical (unpaired) electrons. The summed E-state index contributed by atoms with van der Waals surface area (Å²) in [6.45, 7) is 0.590. The van der Waals surface area contributed by atoms with Crippen LogP contribution in [-0.2, 0) is 41.6 Å². The molecule has 0 bridgehead atoms. The molecule has 14 nitrogen and oxygen atoms in total. The topological polar surface area (TPSA) is 234 Å². The molecule has 1 aliphatic heterocycles. The van der Waals surface area contributed by atoms with Crippen LogP contribution in [0.4, 0.5) is 0 Å². The highest BCUT2D eigenvalue weighted by atomic mass is 16.4. The molecule has 0 saturated carbocycles. The van der Waals surface area contributed by atoms with Gasteiger partial charge in [-0.3, -0.25) is 24.0 Å². The molecular weight excluding hydrogens is 620 g/mol. The summed E-state index contributed by atoms with van der Waals surface area (Å²) in [5.41, 5.74) is 13.1. The molecular formula is C34H46N6O8. The summed E-state index contributed by atoms with van der Waals surface area (Å²) in [6, 6.07) is 12.3. The molecule has 1 heterocycles. The van der Waals surface area contributed by atoms with Crippen LogP contribution in [0.1, 0.15) is 56.1 Å². The fourth-order valence-corrected chi connectivity index (χ4v) is 5.59. The number of carbonyl (C=O) groups excluding carboxylic acids is 4. The van der Waals surface area contributed by atoms with Crippen LogP contribution in [0.25, 0.3) is 0 Å². The van der Waals surface area contributed by atoms with Crippen molar-refractivity contribution in [2.75, 3.05) is 13.1 Å². The van der Waals surface area contributed by atoms with Crippen LogP contribution < -0.4 is 27.4 Å². The molecule has 5 atom stereocenters. The minimum absolute atomic E-state index is 0.0574. The minimum atomic E-state index is -1.18. The maximum atomic E-state index is 13.9. The smallest absolute Gasteiger partial charge is 0.326 e. The van der Waals surface area contributed by atoms with Gasteiger partial charge < -0.3 is 42.5 Å². The van der Waals surface area contributed by atoms with Crippen molar-refractivity contribution in [1.29, 1.82) is 0 Å². The van der Waals surface area contributed by atoms with Crippen LogP contribution in [-0.4, -0.2) is 94.0 Å². The first kappa shape index (κ1) is 37.6. The van der Waals surface area contributed by atoms with Gasteiger partial charge in [0, 0.05) is 25.8 Å². The predicted octanol–water partition coefficient (Wildman–Crippen LogP) is 0.323. The van der Waals surface area contributed by atoms with E-state index in [0.717, 1.165) is 5.56 Å². The number of benzene rings is 2. The number of carboxylic acids is 2. The summed E-state index contributed by atoms with van der Waals surface area (Å²) in [6.07, 6.45) is 1.70. The normalized spacial score (nSPS) is 16.6. The molecule has 14 heteroatoms. The van der Waals surface area contributed by atoms with Crippen molar-refractivity contribution in [2.45, 2.75) is 88.0 Å². The van der Waals surface area contributed by atoms with Crippen LogP contribution in [0.5, 0.6) is 0 Å². The second-order valence-corrected chi connectivity index (χ2v) is 11.9. The van der Waals surface area contributed by atoms with Crippen molar-refractivity contribution in [3.63, 3.8) is 0 Å². The Morgan fingerprint density at radius 3 is 1.85 bits per heavy atom. The lowest BCUT2D eigenvalue weighted by Crippen LogP contribution is -2.59. The fourth-order valence-electron chi connectivity index (χ4n) is 5.59. The van der Waals surface area contributed by atoms with Gasteiger partial charge in [0.15, 0.2) is 0 Å². The highest BCUT2D eigenvalue weighted by molar-refractivity contribution is 5.95. The number of nitrogens with one attached hydrogen (secondary N) is 3. The van der Waals surface area contributed by atoms with Gasteiger partial charge in [-0.05, 0) is 56.2 Å². The second-order valence-electron chi connectivity index (χ2n) is 11.9. The van der Waals surface area contributed by atoms with Gasteiger partial charge in [0.1, 0.15) is 24.2 Å². The Kier molecular flexibility index (Phi) is 15.0. The van der Waals surface area contributed by atoms with Crippen LogP contribution in [0, 0.1) is 0 Å². The second kappa shape index (κ2) is 19.1. The molecule has 0 aliphatic carbocycles. The summed E-state index contributed by atoms with van der Waals surface area (Å²) in [5.74, 6) is -4.81. The molecule has 2 aromatic carbocycles. The lowest BCUT2D eigenvalue weighted by atomic mass is 10.0. The monoisotopic (exact) mass is 666 g/mol. The van der Waals surface area contributed by atoms with E-state index in [1.165, 1.54) is 4.90 Å². The van der Waals surface area contributed by atoms with Crippen LogP contribution in [0.3, 0.4) is 0 Å². The first-order chi connectivity index (χ1) is 23.0. The van der Waals surface area contributed by atoms with Gasteiger partial charge in [0.25, 0.3) is 0 Å². The van der Waals surface area contributed by atoms with Gasteiger partial charge in [-0.2, -0.15) is 0 Å². The van der Waals surface area contributed by atoms with Crippen molar-refractivity contribution in [2.24, 2.45) is 11.5 Å². The number of unbranched alkanes of at least 4 members (excludes halogenated alkanes) is 1. The van der Waals surface area contributed by atoms with E-state index in [1.807, 2.05) is 6.07 Å². The number of hydrogen-bond donors (Lipinski definition) is 7. The van der Waals surface area contributed by atoms with E-state index < -0.39 is 65.8 Å². The van der Waals surface area contributed by atoms with Crippen molar-refractivity contribution < 1.29 is 39.0 Å². The number of nitrogens with two attached hydrogens (primary N) is 2. The van der Waals surface area contributed by atoms with Gasteiger partial charge >= 0.3 is 11.9 Å². The fraction of sp³-hybridized carbons (Fsp3) is 0.471. The van der Waals surface area contributed by atoms with Crippen LogP contribution >= 0.6 is 0 Å². The van der Waals surface area contributed by atoms with E-state index in [4.69, 9.17) is 16.6 Å². The minimum Gasteiger partial charge on any atom is -0.481 e. The Labute approximate surface area is 279 Å². The number of rotatable bonds is 19. The standard InChI is InChI=1S/C34H46N6O8/c35-18-8-7-14-25(37-32(45)26(20-22-10-3-1-4-11-22)38-30(43)24(36)16-17-29(41)42)31(44)39-27(21-23-12-5-2-6-13-23)33(46)40-19-9-15-28(40)34(47)48/h1-6,10-13,24-28H,7-9,14-21,35-36H2,(H,37,45)(H,38,43)(H,39,44)(H,41,42)(H,47,48). The maximum absolute atomic E-state index is 13.9. The number of nitrogens with zero attached hydrogens (tertiary/aromatic N) is 1. The van der Waals surface area contributed by atoms with Crippen molar-refractivity contribution in [3.05, 3.63) is 71.8 Å². The number of aliphatic carboxylic acids is 2. The van der Waals surface area contributed by atoms with E-state index in [0.29, 0.717) is 37.8 Å². The molecule has 0 aromatic heterocycles. The molecule has 3 rings (SSSR count). The molecule has 1 aliphatic rings. The molecule has 1 fully saturated rings. The molecule has 260 valence electrons. The lowest BCUT2D eigenvalue weighted by Gasteiger charge is -2.29. The van der Waals surface area contributed by atoms with Gasteiger partial charge in [-0.25, -0.2) is 4.79 Å². The van der Waals surface area contributed by atoms with Crippen LogP contribution in [0.2, 0.25) is 0 Å². The zero-order valence-electron chi connectivity index (χ0n) is 26.9. The number of carboxylic acid groups (broad SMARTS) is 2. The summed E-state index contributed by atoms with van der Waals surface area (Å²) in [4.78, 5) is 78.4. The molecule has 48 heavy (non-hydrogen) atoms. The zero-order valence-corrected chi connectivity index (χ0v) is 26.9. The van der Waals surface area contributed by atoms with Crippen LogP contribution in [0.15, 0.2) is 60.7 Å². The molecule has 9 N–H and O–H groups in total. The average molecular weight is 667 g/mol. The molecule has 4 amide bonds. The SMILES string of the molecule is NCCCCC(NC(=O)C(Cc1ccccc1)NC(=O)C(N)CCC(=O)O)C(=O)NC(Cc1ccccc1)C(=O)N1CCCC1C(=O)O. The third-order valence-electron chi connectivity index (χ3n) is 8.22. The Morgan fingerprint density at radius 1 is 0.750 bits per heavy atom. The van der Waals surface area contributed by atoms with Gasteiger partial charge in [0.2, 0.25) is 23.6 Å². The molecule has 2 aromatic rings. The van der Waals surface area contributed by atoms with Crippen molar-refractivity contribution >= 4 is 35.6 Å². The molecule has 1 saturated heterocycles. The average Bonchev–Trinajstić information content (AvgIpc) is 3.57. The number of likely N-dealkylation sites (tertiary alicyclic amines) is 1. The maximum Gasteiger partial charge on any atom is 0.326 e. The number of hydrogen-bond acceptors (Lipinski definition) is 8. The largest absolute Gasteiger partial charge is 0.481 e. The van der Waals surface area contributed by atoms with Crippen molar-refractivity contribution in [3.8, 4) is 0 Å². The van der Waals surface area contributed by atoms with E-state index in [-0.39, 0.29) is 38.6 Å². The van der Waals surface area contributed by atoms with Gasteiger partial charge in [-0.15, -0.1) is 0 Å². The van der Waals surface area contributed by atoms with Crippen molar-refractivity contribution in [1.82, 2.24) is 20.9 Å². The molecule has 0 spiro atoms. The summed E-state index contributed by atoms with van der Waals surface area (Å²) < 4.78 is 0. The zero-order chi connectivity index (χ0) is 35.1. The third-order valence-corrected chi connectivity index (χ3v) is 8.22. The highest BCUT2D eigenvalue weighted by Gasteiger charge is 2.38. The highest BCUT2D eigenvalue weighted by Crippen LogP contribution is 2.20. The van der Waals surface area contributed by atoms with E-state index >= 15 is 0 Å². The van der Waals surface area contributed by atoms with E-state index in [1.54, 1.807) is 54.6 Å². The predicted molar refractivity (Wildman–Crippen MR) is 176 cm³/mol. The Hall–Kier alpha value is -4.82. The Balaban J connectivity index is 1.84. The van der Waals surface area contributed by atoms with E-state index in [2.05, 4.69) is 16.0 Å². The van der Waals surface area contributed by atoms with Gasteiger partial charge in [0.05, 0.1) is 6.04 Å².